The molecule has 0 bridgehead atoms. The van der Waals surface area contributed by atoms with Gasteiger partial charge in [-0.3, -0.25) is 0 Å². The predicted octanol–water partition coefficient (Wildman–Crippen LogP) is 0.318. The van der Waals surface area contributed by atoms with E-state index in [-0.39, 0.29) is 11.9 Å². The first-order valence-electron chi connectivity index (χ1n) is 5.23. The molecule has 0 saturated carbocycles. The molecule has 6 heteroatoms. The van der Waals surface area contributed by atoms with E-state index < -0.39 is 0 Å². The Morgan fingerprint density at radius 3 is 2.67 bits per heavy atom. The van der Waals surface area contributed by atoms with Crippen molar-refractivity contribution in [1.82, 2.24) is 10.2 Å². The lowest BCUT2D eigenvalue weighted by molar-refractivity contribution is 0.187. The highest BCUT2D eigenvalue weighted by Crippen LogP contribution is 2.08. The number of hydrogen-bond acceptors (Lipinski definition) is 3. The predicted molar refractivity (Wildman–Crippen MR) is 56.8 cm³/mol. The maximum Gasteiger partial charge on any atom is 0.317 e. The monoisotopic (exact) mass is 214 g/mol. The van der Waals surface area contributed by atoms with Crippen LogP contribution in [0.3, 0.4) is 0 Å². The van der Waals surface area contributed by atoms with Crippen molar-refractivity contribution < 1.29 is 10.0 Å². The van der Waals surface area contributed by atoms with Crippen LogP contribution in [0.2, 0.25) is 0 Å². The van der Waals surface area contributed by atoms with Gasteiger partial charge in [0, 0.05) is 26.1 Å². The highest BCUT2D eigenvalue weighted by Gasteiger charge is 2.15. The fourth-order valence-electron chi connectivity index (χ4n) is 1.56. The van der Waals surface area contributed by atoms with Gasteiger partial charge in [0.05, 0.1) is 0 Å². The number of amides is 2. The summed E-state index contributed by atoms with van der Waals surface area (Å²) in [4.78, 5) is 13.3. The first-order chi connectivity index (χ1) is 7.24. The summed E-state index contributed by atoms with van der Waals surface area (Å²) < 4.78 is 0. The van der Waals surface area contributed by atoms with Gasteiger partial charge in [-0.1, -0.05) is 5.16 Å². The van der Waals surface area contributed by atoms with Crippen LogP contribution in [-0.4, -0.2) is 41.6 Å². The summed E-state index contributed by atoms with van der Waals surface area (Å²) in [6.07, 6.45) is 3.73. The van der Waals surface area contributed by atoms with Gasteiger partial charge in [0.15, 0.2) is 0 Å². The van der Waals surface area contributed by atoms with Crippen LogP contribution in [0.1, 0.15) is 25.7 Å². The molecule has 1 fully saturated rings. The van der Waals surface area contributed by atoms with Gasteiger partial charge in [-0.05, 0) is 19.3 Å². The largest absolute Gasteiger partial charge is 0.409 e. The number of carbonyl (C=O) groups excluding carboxylic acids is 1. The summed E-state index contributed by atoms with van der Waals surface area (Å²) in [6.45, 7) is 2.07. The molecule has 1 aliphatic rings. The topological polar surface area (TPSA) is 91.0 Å². The van der Waals surface area contributed by atoms with Crippen LogP contribution in [0.4, 0.5) is 4.79 Å². The van der Waals surface area contributed by atoms with Crippen molar-refractivity contribution in [2.45, 2.75) is 25.7 Å². The molecule has 1 saturated heterocycles. The molecule has 15 heavy (non-hydrogen) atoms. The molecule has 0 atom stereocenters. The van der Waals surface area contributed by atoms with Crippen LogP contribution in [0.15, 0.2) is 5.16 Å². The molecule has 0 spiro atoms. The van der Waals surface area contributed by atoms with E-state index in [9.17, 15) is 4.79 Å². The zero-order valence-electron chi connectivity index (χ0n) is 8.78. The Morgan fingerprint density at radius 1 is 1.40 bits per heavy atom. The number of amidine groups is 1. The number of piperidine rings is 1. The zero-order valence-corrected chi connectivity index (χ0v) is 8.78. The molecule has 6 nitrogen and oxygen atoms in total. The van der Waals surface area contributed by atoms with Crippen molar-refractivity contribution >= 4 is 11.9 Å². The maximum atomic E-state index is 11.5. The van der Waals surface area contributed by atoms with Gasteiger partial charge in [-0.25, -0.2) is 4.79 Å². The summed E-state index contributed by atoms with van der Waals surface area (Å²) in [5.74, 6) is 0.133. The SMILES string of the molecule is NC(CCNC(=O)N1CCCCC1)=NO. The molecular weight excluding hydrogens is 196 g/mol. The van der Waals surface area contributed by atoms with Crippen molar-refractivity contribution in [2.24, 2.45) is 10.9 Å². The van der Waals surface area contributed by atoms with E-state index in [4.69, 9.17) is 10.9 Å². The molecular formula is C9H18N4O2. The second-order valence-corrected chi connectivity index (χ2v) is 3.62. The van der Waals surface area contributed by atoms with E-state index in [1.54, 1.807) is 4.90 Å². The van der Waals surface area contributed by atoms with Crippen LogP contribution in [0.25, 0.3) is 0 Å². The van der Waals surface area contributed by atoms with Crippen LogP contribution >= 0.6 is 0 Å². The smallest absolute Gasteiger partial charge is 0.317 e. The average Bonchev–Trinajstić information content (AvgIpc) is 2.29. The fourth-order valence-corrected chi connectivity index (χ4v) is 1.56. The molecule has 0 unspecified atom stereocenters. The number of nitrogens with zero attached hydrogens (tertiary/aromatic N) is 2. The lowest BCUT2D eigenvalue weighted by Gasteiger charge is -2.26. The fraction of sp³-hybridized carbons (Fsp3) is 0.778. The van der Waals surface area contributed by atoms with Crippen LogP contribution in [0.5, 0.6) is 0 Å². The summed E-state index contributed by atoms with van der Waals surface area (Å²) in [7, 11) is 0. The van der Waals surface area contributed by atoms with Crippen molar-refractivity contribution in [3.63, 3.8) is 0 Å². The molecule has 2 amide bonds. The van der Waals surface area contributed by atoms with E-state index in [0.717, 1.165) is 25.9 Å². The molecule has 86 valence electrons. The Bertz CT molecular complexity index is 236. The number of likely N-dealkylation sites (tertiary alicyclic amines) is 1. The third kappa shape index (κ3) is 4.05. The van der Waals surface area contributed by atoms with Gasteiger partial charge in [-0.2, -0.15) is 0 Å². The number of nitrogens with one attached hydrogen (secondary N) is 1. The quantitative estimate of drug-likeness (QED) is 0.273. The molecule has 1 aliphatic heterocycles. The van der Waals surface area contributed by atoms with Gasteiger partial charge in [-0.15, -0.1) is 0 Å². The van der Waals surface area contributed by atoms with Crippen LogP contribution < -0.4 is 11.1 Å². The molecule has 4 N–H and O–H groups in total. The molecule has 0 radical (unpaired) electrons. The minimum absolute atomic E-state index is 0.0551. The van der Waals surface area contributed by atoms with Gasteiger partial charge in [0.2, 0.25) is 0 Å². The van der Waals surface area contributed by atoms with Crippen LogP contribution in [0, 0.1) is 0 Å². The van der Waals surface area contributed by atoms with E-state index >= 15 is 0 Å². The van der Waals surface area contributed by atoms with Gasteiger partial charge < -0.3 is 21.2 Å². The third-order valence-electron chi connectivity index (χ3n) is 2.43. The van der Waals surface area contributed by atoms with Crippen LogP contribution in [-0.2, 0) is 0 Å². The highest BCUT2D eigenvalue weighted by atomic mass is 16.4. The summed E-state index contributed by atoms with van der Waals surface area (Å²) >= 11 is 0. The van der Waals surface area contributed by atoms with Gasteiger partial charge in [0.1, 0.15) is 5.84 Å². The van der Waals surface area contributed by atoms with E-state index in [1.165, 1.54) is 6.42 Å². The lowest BCUT2D eigenvalue weighted by Crippen LogP contribution is -2.43. The molecule has 0 aromatic carbocycles. The summed E-state index contributed by atoms with van der Waals surface area (Å²) in [5, 5.41) is 13.8. The zero-order chi connectivity index (χ0) is 11.1. The maximum absolute atomic E-state index is 11.5. The standard InChI is InChI=1S/C9H18N4O2/c10-8(12-15)4-5-11-9(14)13-6-2-1-3-7-13/h15H,1-7H2,(H2,10,12)(H,11,14). The number of hydrogen-bond donors (Lipinski definition) is 3. The number of oxime groups is 1. The molecule has 0 aromatic heterocycles. The summed E-state index contributed by atoms with van der Waals surface area (Å²) in [6, 6.07) is -0.0551. The Morgan fingerprint density at radius 2 is 2.07 bits per heavy atom. The number of urea groups is 1. The first kappa shape index (κ1) is 11.6. The molecule has 0 aliphatic carbocycles. The molecule has 1 heterocycles. The first-order valence-corrected chi connectivity index (χ1v) is 5.23. The van der Waals surface area contributed by atoms with Gasteiger partial charge >= 0.3 is 6.03 Å². The average molecular weight is 214 g/mol. The van der Waals surface area contributed by atoms with E-state index in [1.807, 2.05) is 0 Å². The number of rotatable bonds is 3. The Balaban J connectivity index is 2.17. The van der Waals surface area contributed by atoms with Crippen molar-refractivity contribution in [3.8, 4) is 0 Å². The lowest BCUT2D eigenvalue weighted by atomic mass is 10.1. The minimum Gasteiger partial charge on any atom is -0.409 e. The minimum atomic E-state index is -0.0551. The molecule has 0 aromatic rings. The van der Waals surface area contributed by atoms with Crippen molar-refractivity contribution in [1.29, 1.82) is 0 Å². The van der Waals surface area contributed by atoms with Gasteiger partial charge in [0.25, 0.3) is 0 Å². The van der Waals surface area contributed by atoms with E-state index in [2.05, 4.69) is 10.5 Å². The number of carbonyl (C=O) groups is 1. The van der Waals surface area contributed by atoms with Crippen molar-refractivity contribution in [2.75, 3.05) is 19.6 Å². The number of nitrogens with two attached hydrogens (primary N) is 1. The second kappa shape index (κ2) is 6.10. The van der Waals surface area contributed by atoms with E-state index in [0.29, 0.717) is 13.0 Å². The summed E-state index contributed by atoms with van der Waals surface area (Å²) in [5.41, 5.74) is 5.27. The Hall–Kier alpha value is -1.46. The van der Waals surface area contributed by atoms with Crippen molar-refractivity contribution in [3.05, 3.63) is 0 Å². The Kier molecular flexibility index (Phi) is 4.73. The third-order valence-corrected chi connectivity index (χ3v) is 2.43. The highest BCUT2D eigenvalue weighted by molar-refractivity contribution is 5.80. The second-order valence-electron chi connectivity index (χ2n) is 3.62. The molecule has 1 rings (SSSR count). The Labute approximate surface area is 89.1 Å². The normalized spacial score (nSPS) is 17.6.